The molecule has 0 radical (unpaired) electrons. The van der Waals surface area contributed by atoms with Crippen molar-refractivity contribution in [2.24, 2.45) is 5.92 Å². The van der Waals surface area contributed by atoms with Gasteiger partial charge < -0.3 is 19.7 Å². The summed E-state index contributed by atoms with van der Waals surface area (Å²) in [5.74, 6) is -1.62. The van der Waals surface area contributed by atoms with Gasteiger partial charge in [-0.05, 0) is 51.0 Å². The quantitative estimate of drug-likeness (QED) is 0.396. The second-order valence-electron chi connectivity index (χ2n) is 9.26. The highest BCUT2D eigenvalue weighted by Gasteiger charge is 2.45. The Morgan fingerprint density at radius 3 is 2.24 bits per heavy atom. The van der Waals surface area contributed by atoms with Gasteiger partial charge in [-0.25, -0.2) is 9.59 Å². The van der Waals surface area contributed by atoms with E-state index in [4.69, 9.17) is 13.7 Å². The lowest BCUT2D eigenvalue weighted by atomic mass is 10.0. The number of rotatable bonds is 7. The molecule has 2 amide bonds. The first kappa shape index (κ1) is 28.1. The molecular weight excluding hydrogens is 532 g/mol. The van der Waals surface area contributed by atoms with Gasteiger partial charge in [0.2, 0.25) is 5.91 Å². The topological polar surface area (TPSA) is 128 Å². The number of hydrogen-bond acceptors (Lipinski definition) is 8. The van der Waals surface area contributed by atoms with Crippen molar-refractivity contribution in [3.63, 3.8) is 0 Å². The van der Waals surface area contributed by atoms with Crippen LogP contribution < -0.4 is 5.32 Å². The highest BCUT2D eigenvalue weighted by Crippen LogP contribution is 2.27. The number of halogens is 1. The number of benzene rings is 1. The number of carbonyl (C=O) groups is 3. The first-order valence-corrected chi connectivity index (χ1v) is 12.9. The number of amides is 2. The van der Waals surface area contributed by atoms with Gasteiger partial charge in [-0.3, -0.25) is 8.98 Å². The van der Waals surface area contributed by atoms with Gasteiger partial charge in [0.15, 0.2) is 0 Å². The summed E-state index contributed by atoms with van der Waals surface area (Å²) in [5.41, 5.74) is -0.767. The van der Waals surface area contributed by atoms with E-state index < -0.39 is 51.9 Å². The summed E-state index contributed by atoms with van der Waals surface area (Å²) in [7, 11) is -2.96. The predicted octanol–water partition coefficient (Wildman–Crippen LogP) is 2.85. The van der Waals surface area contributed by atoms with Crippen LogP contribution in [0.1, 0.15) is 41.0 Å². The Hall–Kier alpha value is -2.18. The molecule has 0 spiro atoms. The number of carbonyl (C=O) groups excluding carboxylic acids is 3. The van der Waals surface area contributed by atoms with Crippen LogP contribution in [0.2, 0.25) is 0 Å². The van der Waals surface area contributed by atoms with Crippen LogP contribution in [0, 0.1) is 5.92 Å². The first-order chi connectivity index (χ1) is 15.6. The van der Waals surface area contributed by atoms with Crippen molar-refractivity contribution < 1.29 is 36.5 Å². The molecule has 1 aliphatic rings. The zero-order valence-electron chi connectivity index (χ0n) is 20.0. The molecule has 0 aliphatic carbocycles. The van der Waals surface area contributed by atoms with Crippen LogP contribution in [-0.4, -0.2) is 68.7 Å². The summed E-state index contributed by atoms with van der Waals surface area (Å²) in [6, 6.07) is 3.82. The molecule has 34 heavy (non-hydrogen) atoms. The van der Waals surface area contributed by atoms with E-state index in [0.717, 1.165) is 0 Å². The molecule has 1 aromatic carbocycles. The van der Waals surface area contributed by atoms with Crippen LogP contribution in [-0.2, 0) is 33.4 Å². The molecule has 10 nitrogen and oxygen atoms in total. The molecule has 1 aliphatic heterocycles. The SMILES string of the molecule is COC(=O)[C@@H]1C[C@H](OS(=O)(=O)c2ccc(Br)cc2)CN1C(=O)[C@@H](NC(=O)OC(C)(C)C)C(C)C. The van der Waals surface area contributed by atoms with Crippen LogP contribution in [0.4, 0.5) is 4.79 Å². The van der Waals surface area contributed by atoms with Gasteiger partial charge in [0, 0.05) is 17.4 Å². The van der Waals surface area contributed by atoms with Gasteiger partial charge in [0.25, 0.3) is 10.1 Å². The minimum atomic E-state index is -4.14. The van der Waals surface area contributed by atoms with E-state index in [9.17, 15) is 22.8 Å². The fraction of sp³-hybridized carbons (Fsp3) is 0.591. The van der Waals surface area contributed by atoms with Crippen molar-refractivity contribution in [1.29, 1.82) is 0 Å². The Balaban J connectivity index is 2.23. The van der Waals surface area contributed by atoms with Gasteiger partial charge in [0.05, 0.1) is 18.1 Å². The summed E-state index contributed by atoms with van der Waals surface area (Å²) in [6.07, 6.45) is -1.83. The Morgan fingerprint density at radius 1 is 1.15 bits per heavy atom. The second kappa shape index (κ2) is 11.0. The molecule has 3 atom stereocenters. The third-order valence-electron chi connectivity index (χ3n) is 4.99. The van der Waals surface area contributed by atoms with E-state index in [-0.39, 0.29) is 23.8 Å². The zero-order chi connectivity index (χ0) is 25.8. The Bertz CT molecular complexity index is 1000. The fourth-order valence-electron chi connectivity index (χ4n) is 3.43. The molecule has 0 bridgehead atoms. The standard InChI is InChI=1S/C22H31BrN2O8S/c1-13(2)18(24-21(28)32-22(3,4)5)19(26)25-12-15(11-17(25)20(27)31-6)33-34(29,30)16-9-7-14(23)8-10-16/h7-10,13,15,17-18H,11-12H2,1-6H3,(H,24,28)/t15-,17-,18-/m0/s1. The third-order valence-corrected chi connectivity index (χ3v) is 6.89. The van der Waals surface area contributed by atoms with Gasteiger partial charge in [0.1, 0.15) is 17.7 Å². The van der Waals surface area contributed by atoms with Crippen molar-refractivity contribution in [2.75, 3.05) is 13.7 Å². The monoisotopic (exact) mass is 562 g/mol. The lowest BCUT2D eigenvalue weighted by molar-refractivity contribution is -0.152. The lowest BCUT2D eigenvalue weighted by Gasteiger charge is -2.30. The number of alkyl carbamates (subject to hydrolysis) is 1. The number of hydrogen-bond donors (Lipinski definition) is 1. The number of likely N-dealkylation sites (tertiary alicyclic amines) is 1. The van der Waals surface area contributed by atoms with Crippen LogP contribution in [0.25, 0.3) is 0 Å². The van der Waals surface area contributed by atoms with E-state index in [1.54, 1.807) is 46.8 Å². The largest absolute Gasteiger partial charge is 0.467 e. The number of ether oxygens (including phenoxy) is 2. The average Bonchev–Trinajstić information content (AvgIpc) is 3.12. The number of nitrogens with one attached hydrogen (secondary N) is 1. The molecule has 0 aromatic heterocycles. The van der Waals surface area contributed by atoms with Crippen LogP contribution in [0.15, 0.2) is 33.6 Å². The smallest absolute Gasteiger partial charge is 0.408 e. The first-order valence-electron chi connectivity index (χ1n) is 10.7. The molecule has 12 heteroatoms. The van der Waals surface area contributed by atoms with Gasteiger partial charge in [-0.1, -0.05) is 29.8 Å². The molecule has 0 unspecified atom stereocenters. The predicted molar refractivity (Wildman–Crippen MR) is 126 cm³/mol. The Labute approximate surface area is 208 Å². The summed E-state index contributed by atoms with van der Waals surface area (Å²) in [5, 5.41) is 2.55. The van der Waals surface area contributed by atoms with Crippen molar-refractivity contribution in [2.45, 2.75) is 69.7 Å². The highest BCUT2D eigenvalue weighted by molar-refractivity contribution is 9.10. The number of methoxy groups -OCH3 is 1. The molecule has 1 fully saturated rings. The fourth-order valence-corrected chi connectivity index (χ4v) is 4.78. The maximum Gasteiger partial charge on any atom is 0.408 e. The molecule has 1 aromatic rings. The lowest BCUT2D eigenvalue weighted by Crippen LogP contribution is -2.54. The van der Waals surface area contributed by atoms with Crippen LogP contribution in [0.5, 0.6) is 0 Å². The van der Waals surface area contributed by atoms with Gasteiger partial charge >= 0.3 is 12.1 Å². The molecule has 190 valence electrons. The van der Waals surface area contributed by atoms with Crippen molar-refractivity contribution in [3.05, 3.63) is 28.7 Å². The maximum atomic E-state index is 13.4. The molecule has 1 heterocycles. The zero-order valence-corrected chi connectivity index (χ0v) is 22.4. The molecule has 2 rings (SSSR count). The van der Waals surface area contributed by atoms with Crippen molar-refractivity contribution in [3.8, 4) is 0 Å². The van der Waals surface area contributed by atoms with Gasteiger partial charge in [-0.2, -0.15) is 8.42 Å². The van der Waals surface area contributed by atoms with Crippen LogP contribution in [0.3, 0.4) is 0 Å². The molecule has 1 N–H and O–H groups in total. The summed E-state index contributed by atoms with van der Waals surface area (Å²) >= 11 is 3.24. The molecule has 0 saturated carbocycles. The molecular formula is C22H31BrN2O8S. The average molecular weight is 563 g/mol. The van der Waals surface area contributed by atoms with E-state index in [2.05, 4.69) is 21.2 Å². The minimum Gasteiger partial charge on any atom is -0.467 e. The summed E-state index contributed by atoms with van der Waals surface area (Å²) < 4.78 is 41.6. The minimum absolute atomic E-state index is 0.0539. The Kier molecular flexibility index (Phi) is 9.11. The number of esters is 1. The third kappa shape index (κ3) is 7.41. The second-order valence-corrected chi connectivity index (χ2v) is 11.7. The highest BCUT2D eigenvalue weighted by atomic mass is 79.9. The van der Waals surface area contributed by atoms with E-state index in [1.807, 2.05) is 0 Å². The Morgan fingerprint density at radius 2 is 1.74 bits per heavy atom. The normalized spacial score (nSPS) is 19.6. The van der Waals surface area contributed by atoms with Crippen LogP contribution >= 0.6 is 15.9 Å². The maximum absolute atomic E-state index is 13.4. The van der Waals surface area contributed by atoms with E-state index in [1.165, 1.54) is 24.1 Å². The van der Waals surface area contributed by atoms with Crippen molar-refractivity contribution in [1.82, 2.24) is 10.2 Å². The number of nitrogens with zero attached hydrogens (tertiary/aromatic N) is 1. The van der Waals surface area contributed by atoms with Crippen molar-refractivity contribution >= 4 is 44.0 Å². The summed E-state index contributed by atoms with van der Waals surface area (Å²) in [6.45, 7) is 8.37. The molecule has 1 saturated heterocycles. The van der Waals surface area contributed by atoms with E-state index >= 15 is 0 Å². The van der Waals surface area contributed by atoms with E-state index in [0.29, 0.717) is 4.47 Å². The van der Waals surface area contributed by atoms with Gasteiger partial charge in [-0.15, -0.1) is 0 Å². The summed E-state index contributed by atoms with van der Waals surface area (Å²) in [4.78, 5) is 39.2.